The number of carbonyl (C=O) groups excluding carboxylic acids is 1. The minimum atomic E-state index is -0.230. The van der Waals surface area contributed by atoms with Crippen LogP contribution in [0.25, 0.3) is 0 Å². The van der Waals surface area contributed by atoms with Gasteiger partial charge < -0.3 is 24.4 Å². The van der Waals surface area contributed by atoms with Crippen LogP contribution in [0.3, 0.4) is 0 Å². The minimum Gasteiger partial charge on any atom is -0.491 e. The van der Waals surface area contributed by atoms with Crippen molar-refractivity contribution in [3.05, 3.63) is 53.6 Å². The molecular weight excluding hydrogens is 368 g/mol. The summed E-state index contributed by atoms with van der Waals surface area (Å²) in [6.07, 6.45) is 0. The molecule has 27 heavy (non-hydrogen) atoms. The van der Waals surface area contributed by atoms with E-state index < -0.39 is 0 Å². The summed E-state index contributed by atoms with van der Waals surface area (Å²) in [6.45, 7) is 3.42. The van der Waals surface area contributed by atoms with Gasteiger partial charge in [0, 0.05) is 13.1 Å². The number of amides is 1. The molecule has 6 nitrogen and oxygen atoms in total. The largest absolute Gasteiger partial charge is 0.491 e. The summed E-state index contributed by atoms with van der Waals surface area (Å²) in [6, 6.07) is 15.0. The van der Waals surface area contributed by atoms with Gasteiger partial charge in [-0.2, -0.15) is 0 Å². The molecule has 1 saturated heterocycles. The van der Waals surface area contributed by atoms with E-state index in [1.54, 1.807) is 0 Å². The second kappa shape index (κ2) is 10.2. The molecule has 0 saturated carbocycles. The van der Waals surface area contributed by atoms with Crippen LogP contribution in [0.1, 0.15) is 0 Å². The Labute approximate surface area is 164 Å². The zero-order chi connectivity index (χ0) is 18.9. The number of hydrogen-bond acceptors (Lipinski definition) is 5. The van der Waals surface area contributed by atoms with E-state index in [2.05, 4.69) is 10.2 Å². The summed E-state index contributed by atoms with van der Waals surface area (Å²) in [5.74, 6) is 0.547. The number of carbonyl (C=O) groups is 1. The average molecular weight is 391 g/mol. The zero-order valence-electron chi connectivity index (χ0n) is 15.0. The van der Waals surface area contributed by atoms with Crippen LogP contribution in [0.15, 0.2) is 48.5 Å². The quantitative estimate of drug-likeness (QED) is 0.701. The summed E-state index contributed by atoms with van der Waals surface area (Å²) >= 11 is 6.37. The van der Waals surface area contributed by atoms with Gasteiger partial charge in [-0.3, -0.25) is 4.79 Å². The summed E-state index contributed by atoms with van der Waals surface area (Å²) in [5.41, 5.74) is 1.50. The predicted molar refractivity (Wildman–Crippen MR) is 106 cm³/mol. The van der Waals surface area contributed by atoms with E-state index in [9.17, 15) is 4.79 Å². The predicted octanol–water partition coefficient (Wildman–Crippen LogP) is 3.21. The van der Waals surface area contributed by atoms with E-state index in [4.69, 9.17) is 25.8 Å². The molecule has 0 aliphatic carbocycles. The second-order valence-corrected chi connectivity index (χ2v) is 6.40. The smallest absolute Gasteiger partial charge is 0.250 e. The first-order chi connectivity index (χ1) is 13.2. The topological polar surface area (TPSA) is 60.0 Å². The molecule has 0 atom stereocenters. The number of hydrogen-bond donors (Lipinski definition) is 1. The fourth-order valence-corrected chi connectivity index (χ4v) is 3.10. The first-order valence-electron chi connectivity index (χ1n) is 8.90. The van der Waals surface area contributed by atoms with Crippen LogP contribution in [0.5, 0.6) is 5.75 Å². The van der Waals surface area contributed by atoms with Crippen molar-refractivity contribution in [1.29, 1.82) is 0 Å². The second-order valence-electron chi connectivity index (χ2n) is 6.00. The van der Waals surface area contributed by atoms with Crippen molar-refractivity contribution in [2.45, 2.75) is 0 Å². The van der Waals surface area contributed by atoms with Crippen molar-refractivity contribution in [1.82, 2.24) is 0 Å². The maximum atomic E-state index is 12.2. The highest BCUT2D eigenvalue weighted by Crippen LogP contribution is 2.34. The highest BCUT2D eigenvalue weighted by atomic mass is 35.5. The Morgan fingerprint density at radius 1 is 1.07 bits per heavy atom. The van der Waals surface area contributed by atoms with E-state index in [1.807, 2.05) is 48.5 Å². The standard InChI is InChI=1S/C20H23ClN2O4/c21-17-7-4-8-18(20(17)23-9-11-25-12-10-23)22-19(24)15-26-13-14-27-16-5-2-1-3-6-16/h1-8H,9-15H2,(H,22,24). The summed E-state index contributed by atoms with van der Waals surface area (Å²) in [4.78, 5) is 14.3. The molecular formula is C20H23ClN2O4. The monoisotopic (exact) mass is 390 g/mol. The lowest BCUT2D eigenvalue weighted by Crippen LogP contribution is -2.37. The van der Waals surface area contributed by atoms with Gasteiger partial charge in [0.15, 0.2) is 0 Å². The summed E-state index contributed by atoms with van der Waals surface area (Å²) in [5, 5.41) is 3.49. The van der Waals surface area contributed by atoms with Gasteiger partial charge in [-0.1, -0.05) is 35.9 Å². The molecule has 0 bridgehead atoms. The van der Waals surface area contributed by atoms with E-state index in [0.717, 1.165) is 24.5 Å². The Morgan fingerprint density at radius 2 is 1.85 bits per heavy atom. The number of morpholine rings is 1. The molecule has 1 amide bonds. The summed E-state index contributed by atoms with van der Waals surface area (Å²) < 4.78 is 16.3. The Hall–Kier alpha value is -2.28. The van der Waals surface area contributed by atoms with Crippen molar-refractivity contribution in [2.24, 2.45) is 0 Å². The Bertz CT molecular complexity index is 736. The van der Waals surface area contributed by atoms with E-state index in [0.29, 0.717) is 37.1 Å². The molecule has 1 fully saturated rings. The maximum Gasteiger partial charge on any atom is 0.250 e. The Balaban J connectivity index is 1.47. The zero-order valence-corrected chi connectivity index (χ0v) is 15.8. The molecule has 1 heterocycles. The number of nitrogens with one attached hydrogen (secondary N) is 1. The van der Waals surface area contributed by atoms with Gasteiger partial charge in [-0.15, -0.1) is 0 Å². The fraction of sp³-hybridized carbons (Fsp3) is 0.350. The van der Waals surface area contributed by atoms with Gasteiger partial charge in [0.05, 0.1) is 36.2 Å². The van der Waals surface area contributed by atoms with Crippen LogP contribution < -0.4 is 15.0 Å². The molecule has 3 rings (SSSR count). The minimum absolute atomic E-state index is 0.0484. The average Bonchev–Trinajstić information content (AvgIpc) is 2.69. The lowest BCUT2D eigenvalue weighted by Gasteiger charge is -2.31. The van der Waals surface area contributed by atoms with E-state index >= 15 is 0 Å². The maximum absolute atomic E-state index is 12.2. The molecule has 1 aliphatic rings. The molecule has 7 heteroatoms. The molecule has 0 radical (unpaired) electrons. The molecule has 0 aromatic heterocycles. The van der Waals surface area contributed by atoms with Crippen LogP contribution in [-0.2, 0) is 14.3 Å². The number of para-hydroxylation sites is 2. The molecule has 144 valence electrons. The SMILES string of the molecule is O=C(COCCOc1ccccc1)Nc1cccc(Cl)c1N1CCOCC1. The number of rotatable bonds is 8. The first kappa shape index (κ1) is 19.5. The van der Waals surface area contributed by atoms with Gasteiger partial charge in [0.2, 0.25) is 5.91 Å². The molecule has 0 unspecified atom stereocenters. The van der Waals surface area contributed by atoms with Crippen molar-refractivity contribution < 1.29 is 19.0 Å². The number of nitrogens with zero attached hydrogens (tertiary/aromatic N) is 1. The third kappa shape index (κ3) is 5.85. The third-order valence-electron chi connectivity index (χ3n) is 4.06. The third-order valence-corrected chi connectivity index (χ3v) is 4.37. The molecule has 1 aliphatic heterocycles. The molecule has 2 aromatic carbocycles. The van der Waals surface area contributed by atoms with Crippen LogP contribution >= 0.6 is 11.6 Å². The molecule has 1 N–H and O–H groups in total. The highest BCUT2D eigenvalue weighted by Gasteiger charge is 2.19. The van der Waals surface area contributed by atoms with E-state index in [-0.39, 0.29) is 12.5 Å². The Morgan fingerprint density at radius 3 is 2.63 bits per heavy atom. The van der Waals surface area contributed by atoms with Gasteiger partial charge in [0.1, 0.15) is 19.0 Å². The van der Waals surface area contributed by atoms with E-state index in [1.165, 1.54) is 0 Å². The first-order valence-corrected chi connectivity index (χ1v) is 9.28. The highest BCUT2D eigenvalue weighted by molar-refractivity contribution is 6.34. The molecule has 0 spiro atoms. The summed E-state index contributed by atoms with van der Waals surface area (Å²) in [7, 11) is 0. The lowest BCUT2D eigenvalue weighted by molar-refractivity contribution is -0.120. The van der Waals surface area contributed by atoms with Crippen LogP contribution in [0.2, 0.25) is 5.02 Å². The number of ether oxygens (including phenoxy) is 3. The van der Waals surface area contributed by atoms with Crippen LogP contribution in [0.4, 0.5) is 11.4 Å². The fourth-order valence-electron chi connectivity index (χ4n) is 2.81. The van der Waals surface area contributed by atoms with Gasteiger partial charge in [0.25, 0.3) is 0 Å². The van der Waals surface area contributed by atoms with Gasteiger partial charge >= 0.3 is 0 Å². The van der Waals surface area contributed by atoms with Crippen molar-refractivity contribution in [3.63, 3.8) is 0 Å². The van der Waals surface area contributed by atoms with Crippen molar-refractivity contribution in [3.8, 4) is 5.75 Å². The van der Waals surface area contributed by atoms with Crippen molar-refractivity contribution >= 4 is 28.9 Å². The number of benzene rings is 2. The number of halogens is 1. The normalized spacial score (nSPS) is 14.0. The van der Waals surface area contributed by atoms with Gasteiger partial charge in [-0.05, 0) is 24.3 Å². The van der Waals surface area contributed by atoms with Gasteiger partial charge in [-0.25, -0.2) is 0 Å². The van der Waals surface area contributed by atoms with Crippen LogP contribution in [-0.4, -0.2) is 52.0 Å². The Kier molecular flexibility index (Phi) is 7.33. The lowest BCUT2D eigenvalue weighted by atomic mass is 10.2. The number of anilines is 2. The van der Waals surface area contributed by atoms with Crippen LogP contribution in [0, 0.1) is 0 Å². The van der Waals surface area contributed by atoms with Crippen molar-refractivity contribution in [2.75, 3.05) is 56.3 Å². The molecule has 2 aromatic rings.